The minimum atomic E-state index is -0.473. The minimum Gasteiger partial charge on any atom is -0.494 e. The summed E-state index contributed by atoms with van der Waals surface area (Å²) < 4.78 is 15.9. The Hall–Kier alpha value is -2.81. The number of nitrogens with one attached hydrogen (secondary N) is 1. The molecule has 0 radical (unpaired) electrons. The Morgan fingerprint density at radius 3 is 2.37 bits per heavy atom. The number of hydrazone groups is 1. The first-order valence-corrected chi connectivity index (χ1v) is 8.85. The number of aromatic hydroxyl groups is 1. The van der Waals surface area contributed by atoms with Crippen LogP contribution in [-0.4, -0.2) is 25.9 Å². The van der Waals surface area contributed by atoms with Crippen molar-refractivity contribution in [3.8, 4) is 5.88 Å². The van der Waals surface area contributed by atoms with E-state index in [1.165, 1.54) is 40.3 Å². The van der Waals surface area contributed by atoms with Crippen LogP contribution >= 0.6 is 12.2 Å². The maximum atomic E-state index is 12.9. The SMILES string of the molecule is CCn1c(O)c(C(C)=NNC(=O)Cc2ccc(F)cc2)c(=O)n(CC)c1=S. The van der Waals surface area contributed by atoms with Crippen LogP contribution < -0.4 is 11.0 Å². The van der Waals surface area contributed by atoms with Crippen LogP contribution in [0.5, 0.6) is 5.88 Å². The van der Waals surface area contributed by atoms with E-state index in [2.05, 4.69) is 10.5 Å². The Kier molecular flexibility index (Phi) is 6.62. The van der Waals surface area contributed by atoms with Gasteiger partial charge in [-0.15, -0.1) is 0 Å². The third kappa shape index (κ3) is 4.48. The highest BCUT2D eigenvalue weighted by atomic mass is 32.1. The van der Waals surface area contributed by atoms with Gasteiger partial charge in [0.15, 0.2) is 4.77 Å². The molecule has 0 saturated carbocycles. The minimum absolute atomic E-state index is 0.00227. The van der Waals surface area contributed by atoms with Gasteiger partial charge in [-0.1, -0.05) is 12.1 Å². The van der Waals surface area contributed by atoms with E-state index < -0.39 is 11.5 Å². The van der Waals surface area contributed by atoms with E-state index in [0.717, 1.165) is 0 Å². The number of hydrogen-bond acceptors (Lipinski definition) is 5. The van der Waals surface area contributed by atoms with Gasteiger partial charge in [-0.3, -0.25) is 18.7 Å². The molecule has 0 bridgehead atoms. The maximum Gasteiger partial charge on any atom is 0.267 e. The maximum absolute atomic E-state index is 12.9. The lowest BCUT2D eigenvalue weighted by molar-refractivity contribution is -0.120. The third-order valence-electron chi connectivity index (χ3n) is 4.02. The van der Waals surface area contributed by atoms with Gasteiger partial charge < -0.3 is 5.11 Å². The van der Waals surface area contributed by atoms with Crippen LogP contribution in [0.3, 0.4) is 0 Å². The van der Waals surface area contributed by atoms with Crippen LogP contribution in [-0.2, 0) is 24.3 Å². The lowest BCUT2D eigenvalue weighted by Crippen LogP contribution is -2.31. The molecule has 2 N–H and O–H groups in total. The Balaban J connectivity index is 2.30. The number of carbonyl (C=O) groups is 1. The molecular weight excluding hydrogens is 371 g/mol. The number of amides is 1. The Labute approximate surface area is 160 Å². The molecule has 1 aromatic carbocycles. The molecule has 0 atom stereocenters. The first kappa shape index (κ1) is 20.5. The number of rotatable bonds is 6. The second kappa shape index (κ2) is 8.72. The molecule has 0 spiro atoms. The first-order chi connectivity index (χ1) is 12.8. The zero-order chi connectivity index (χ0) is 20.1. The Morgan fingerprint density at radius 2 is 1.81 bits per heavy atom. The number of nitrogens with zero attached hydrogens (tertiary/aromatic N) is 3. The van der Waals surface area contributed by atoms with Gasteiger partial charge in [-0.05, 0) is 50.7 Å². The predicted molar refractivity (Wildman–Crippen MR) is 103 cm³/mol. The molecular formula is C18H21FN4O3S. The van der Waals surface area contributed by atoms with Crippen LogP contribution in [0.15, 0.2) is 34.2 Å². The van der Waals surface area contributed by atoms with Crippen LogP contribution in [0.1, 0.15) is 31.9 Å². The summed E-state index contributed by atoms with van der Waals surface area (Å²) >= 11 is 5.23. The largest absolute Gasteiger partial charge is 0.494 e. The van der Waals surface area contributed by atoms with E-state index in [1.807, 2.05) is 0 Å². The molecule has 0 saturated heterocycles. The summed E-state index contributed by atoms with van der Waals surface area (Å²) in [4.78, 5) is 24.6. The summed E-state index contributed by atoms with van der Waals surface area (Å²) in [7, 11) is 0. The molecule has 0 aliphatic heterocycles. The highest BCUT2D eigenvalue weighted by molar-refractivity contribution is 7.71. The molecule has 0 fully saturated rings. The van der Waals surface area contributed by atoms with Crippen molar-refractivity contribution in [2.75, 3.05) is 0 Å². The highest BCUT2D eigenvalue weighted by Gasteiger charge is 2.18. The molecule has 0 aliphatic rings. The molecule has 0 aliphatic carbocycles. The molecule has 27 heavy (non-hydrogen) atoms. The zero-order valence-corrected chi connectivity index (χ0v) is 16.1. The molecule has 0 unspecified atom stereocenters. The van der Waals surface area contributed by atoms with Gasteiger partial charge in [0, 0.05) is 13.1 Å². The fourth-order valence-electron chi connectivity index (χ4n) is 2.60. The van der Waals surface area contributed by atoms with Gasteiger partial charge in [0.25, 0.3) is 5.56 Å². The number of halogens is 1. The van der Waals surface area contributed by atoms with Crippen molar-refractivity contribution in [3.05, 3.63) is 56.3 Å². The molecule has 1 amide bonds. The van der Waals surface area contributed by atoms with Crippen LogP contribution in [0.25, 0.3) is 0 Å². The smallest absolute Gasteiger partial charge is 0.267 e. The molecule has 144 valence electrons. The van der Waals surface area contributed by atoms with E-state index in [-0.39, 0.29) is 34.2 Å². The van der Waals surface area contributed by atoms with Crippen molar-refractivity contribution in [2.45, 2.75) is 40.3 Å². The lowest BCUT2D eigenvalue weighted by atomic mass is 10.1. The second-order valence-corrected chi connectivity index (χ2v) is 6.18. The predicted octanol–water partition coefficient (Wildman–Crippen LogP) is 2.35. The van der Waals surface area contributed by atoms with E-state index in [0.29, 0.717) is 18.7 Å². The van der Waals surface area contributed by atoms with Crippen LogP contribution in [0.4, 0.5) is 4.39 Å². The molecule has 1 heterocycles. The summed E-state index contributed by atoms with van der Waals surface area (Å²) in [6.07, 6.45) is 0.00227. The molecule has 1 aromatic heterocycles. The quantitative estimate of drug-likeness (QED) is 0.449. The average Bonchev–Trinajstić information content (AvgIpc) is 2.62. The fourth-order valence-corrected chi connectivity index (χ4v) is 3.03. The van der Waals surface area contributed by atoms with E-state index in [4.69, 9.17) is 12.2 Å². The Morgan fingerprint density at radius 1 is 1.22 bits per heavy atom. The monoisotopic (exact) mass is 392 g/mol. The first-order valence-electron chi connectivity index (χ1n) is 8.44. The van der Waals surface area contributed by atoms with Crippen molar-refractivity contribution in [1.29, 1.82) is 0 Å². The summed E-state index contributed by atoms with van der Waals surface area (Å²) in [5.41, 5.74) is 2.64. The normalized spacial score (nSPS) is 11.5. The van der Waals surface area contributed by atoms with Gasteiger partial charge in [0.2, 0.25) is 11.8 Å². The molecule has 9 heteroatoms. The zero-order valence-electron chi connectivity index (χ0n) is 15.3. The summed E-state index contributed by atoms with van der Waals surface area (Å²) in [5, 5.41) is 14.4. The van der Waals surface area contributed by atoms with Crippen molar-refractivity contribution < 1.29 is 14.3 Å². The number of aromatic nitrogens is 2. The number of hydrogen-bond donors (Lipinski definition) is 2. The van der Waals surface area contributed by atoms with Crippen LogP contribution in [0, 0.1) is 10.6 Å². The number of carbonyl (C=O) groups excluding carboxylic acids is 1. The van der Waals surface area contributed by atoms with E-state index in [1.54, 1.807) is 13.8 Å². The highest BCUT2D eigenvalue weighted by Crippen LogP contribution is 2.15. The second-order valence-electron chi connectivity index (χ2n) is 5.81. The lowest BCUT2D eigenvalue weighted by Gasteiger charge is -2.15. The van der Waals surface area contributed by atoms with E-state index >= 15 is 0 Å². The Bertz CT molecular complexity index is 993. The van der Waals surface area contributed by atoms with Gasteiger partial charge in [-0.25, -0.2) is 9.82 Å². The number of benzene rings is 1. The van der Waals surface area contributed by atoms with Crippen molar-refractivity contribution >= 4 is 23.8 Å². The molecule has 2 rings (SSSR count). The van der Waals surface area contributed by atoms with Gasteiger partial charge >= 0.3 is 0 Å². The topological polar surface area (TPSA) is 88.6 Å². The van der Waals surface area contributed by atoms with Gasteiger partial charge in [-0.2, -0.15) is 5.10 Å². The third-order valence-corrected chi connectivity index (χ3v) is 4.46. The molecule has 7 nitrogen and oxygen atoms in total. The average molecular weight is 392 g/mol. The van der Waals surface area contributed by atoms with Crippen LogP contribution in [0.2, 0.25) is 0 Å². The van der Waals surface area contributed by atoms with Crippen molar-refractivity contribution in [3.63, 3.8) is 0 Å². The fraction of sp³-hybridized carbons (Fsp3) is 0.333. The van der Waals surface area contributed by atoms with Gasteiger partial charge in [0.05, 0.1) is 12.1 Å². The summed E-state index contributed by atoms with van der Waals surface area (Å²) in [5.74, 6) is -1.10. The molecule has 2 aromatic rings. The van der Waals surface area contributed by atoms with Crippen molar-refractivity contribution in [1.82, 2.24) is 14.6 Å². The van der Waals surface area contributed by atoms with Gasteiger partial charge in [0.1, 0.15) is 11.4 Å². The standard InChI is InChI=1S/C18H21FN4O3S/c1-4-22-16(25)15(17(26)23(5-2)18(22)27)11(3)20-21-14(24)10-12-6-8-13(19)9-7-12/h6-9,25H,4-5,10H2,1-3H3,(H,21,24). The summed E-state index contributed by atoms with van der Waals surface area (Å²) in [6.45, 7) is 5.80. The summed E-state index contributed by atoms with van der Waals surface area (Å²) in [6, 6.07) is 5.54. The van der Waals surface area contributed by atoms with E-state index in [9.17, 15) is 19.1 Å². The van der Waals surface area contributed by atoms with Crippen molar-refractivity contribution in [2.24, 2.45) is 5.10 Å².